The first kappa shape index (κ1) is 24.7. The lowest BCUT2D eigenvalue weighted by Gasteiger charge is -2.18. The van der Waals surface area contributed by atoms with Gasteiger partial charge < -0.3 is 10.4 Å². The number of benzene rings is 3. The fourth-order valence-corrected chi connectivity index (χ4v) is 4.64. The van der Waals surface area contributed by atoms with Crippen LogP contribution in [0.4, 0.5) is 10.1 Å². The molecule has 0 aliphatic heterocycles. The van der Waals surface area contributed by atoms with Crippen molar-refractivity contribution in [2.24, 2.45) is 0 Å². The SMILES string of the molecule is CCC(CNc1ccc(S(=O)(=O)NCc2ccc(F)c(Cl)c2)cc1C(=O)O)c1ccccc1. The predicted molar refractivity (Wildman–Crippen MR) is 127 cm³/mol. The van der Waals surface area contributed by atoms with Gasteiger partial charge in [-0.25, -0.2) is 22.3 Å². The van der Waals surface area contributed by atoms with Crippen LogP contribution in [0.25, 0.3) is 0 Å². The lowest BCUT2D eigenvalue weighted by Crippen LogP contribution is -2.24. The molecule has 0 saturated carbocycles. The van der Waals surface area contributed by atoms with Crippen LogP contribution < -0.4 is 10.0 Å². The minimum absolute atomic E-state index is 0.115. The molecule has 9 heteroatoms. The van der Waals surface area contributed by atoms with Crippen molar-refractivity contribution in [2.75, 3.05) is 11.9 Å². The maximum atomic E-state index is 13.3. The van der Waals surface area contributed by atoms with Gasteiger partial charge in [0.2, 0.25) is 10.0 Å². The summed E-state index contributed by atoms with van der Waals surface area (Å²) < 4.78 is 41.1. The molecule has 3 rings (SSSR count). The largest absolute Gasteiger partial charge is 0.478 e. The van der Waals surface area contributed by atoms with E-state index in [2.05, 4.69) is 10.0 Å². The topological polar surface area (TPSA) is 95.5 Å². The van der Waals surface area contributed by atoms with E-state index in [-0.39, 0.29) is 27.9 Å². The average Bonchev–Trinajstić information content (AvgIpc) is 2.81. The van der Waals surface area contributed by atoms with E-state index >= 15 is 0 Å². The molecule has 33 heavy (non-hydrogen) atoms. The molecule has 3 aromatic carbocycles. The van der Waals surface area contributed by atoms with Gasteiger partial charge in [0.1, 0.15) is 5.82 Å². The summed E-state index contributed by atoms with van der Waals surface area (Å²) in [5.74, 6) is -1.68. The molecule has 174 valence electrons. The van der Waals surface area contributed by atoms with Crippen molar-refractivity contribution in [1.82, 2.24) is 4.72 Å². The molecule has 0 bridgehead atoms. The van der Waals surface area contributed by atoms with Gasteiger partial charge in [0, 0.05) is 24.7 Å². The van der Waals surface area contributed by atoms with Gasteiger partial charge in [-0.2, -0.15) is 0 Å². The van der Waals surface area contributed by atoms with Crippen LogP contribution in [-0.4, -0.2) is 26.0 Å². The summed E-state index contributed by atoms with van der Waals surface area (Å²) in [5.41, 5.74) is 1.79. The van der Waals surface area contributed by atoms with Crippen LogP contribution in [0.1, 0.15) is 40.7 Å². The van der Waals surface area contributed by atoms with Gasteiger partial charge in [-0.15, -0.1) is 0 Å². The van der Waals surface area contributed by atoms with Crippen LogP contribution in [0.2, 0.25) is 5.02 Å². The first-order valence-electron chi connectivity index (χ1n) is 10.3. The highest BCUT2D eigenvalue weighted by Crippen LogP contribution is 2.25. The molecule has 0 fully saturated rings. The zero-order valence-corrected chi connectivity index (χ0v) is 19.5. The molecule has 3 N–H and O–H groups in total. The van der Waals surface area contributed by atoms with Gasteiger partial charge in [0.25, 0.3) is 0 Å². The highest BCUT2D eigenvalue weighted by Gasteiger charge is 2.20. The highest BCUT2D eigenvalue weighted by atomic mass is 35.5. The average molecular weight is 491 g/mol. The zero-order chi connectivity index (χ0) is 24.0. The van der Waals surface area contributed by atoms with E-state index < -0.39 is 21.8 Å². The van der Waals surface area contributed by atoms with Gasteiger partial charge in [0.05, 0.1) is 15.5 Å². The van der Waals surface area contributed by atoms with Crippen molar-refractivity contribution >= 4 is 33.3 Å². The number of rotatable bonds is 10. The Kier molecular flexibility index (Phi) is 8.07. The van der Waals surface area contributed by atoms with Crippen molar-refractivity contribution in [3.63, 3.8) is 0 Å². The highest BCUT2D eigenvalue weighted by molar-refractivity contribution is 7.89. The molecule has 0 radical (unpaired) electrons. The van der Waals surface area contributed by atoms with Gasteiger partial charge >= 0.3 is 5.97 Å². The van der Waals surface area contributed by atoms with E-state index in [0.29, 0.717) is 17.8 Å². The number of hydrogen-bond acceptors (Lipinski definition) is 4. The number of carboxylic acid groups (broad SMARTS) is 1. The zero-order valence-electron chi connectivity index (χ0n) is 17.9. The minimum atomic E-state index is -4.01. The molecule has 0 aromatic heterocycles. The minimum Gasteiger partial charge on any atom is -0.478 e. The Balaban J connectivity index is 1.76. The number of carboxylic acids is 1. The van der Waals surface area contributed by atoms with Gasteiger partial charge in [-0.3, -0.25) is 0 Å². The number of carbonyl (C=O) groups is 1. The van der Waals surface area contributed by atoms with E-state index in [1.54, 1.807) is 0 Å². The first-order chi connectivity index (χ1) is 15.7. The Hall–Kier alpha value is -2.94. The fraction of sp³-hybridized carbons (Fsp3) is 0.208. The molecule has 1 atom stereocenters. The maximum absolute atomic E-state index is 13.3. The van der Waals surface area contributed by atoms with Crippen molar-refractivity contribution in [3.05, 3.63) is 94.3 Å². The maximum Gasteiger partial charge on any atom is 0.337 e. The van der Waals surface area contributed by atoms with Gasteiger partial charge in [0.15, 0.2) is 0 Å². The molecular formula is C24H24ClFN2O4S. The third kappa shape index (κ3) is 6.31. The molecule has 0 amide bonds. The number of halogens is 2. The van der Waals surface area contributed by atoms with Crippen molar-refractivity contribution in [3.8, 4) is 0 Å². The lowest BCUT2D eigenvalue weighted by atomic mass is 9.96. The Labute approximate surface area is 197 Å². The normalized spacial score (nSPS) is 12.3. The summed E-state index contributed by atoms with van der Waals surface area (Å²) in [4.78, 5) is 11.6. The Morgan fingerprint density at radius 2 is 1.82 bits per heavy atom. The van der Waals surface area contributed by atoms with Gasteiger partial charge in [-0.1, -0.05) is 54.9 Å². The summed E-state index contributed by atoms with van der Waals surface area (Å²) in [6.45, 7) is 2.42. The van der Waals surface area contributed by atoms with E-state index in [1.807, 2.05) is 37.3 Å². The molecule has 0 aliphatic rings. The molecule has 3 aromatic rings. The molecule has 0 spiro atoms. The molecule has 0 saturated heterocycles. The van der Waals surface area contributed by atoms with Gasteiger partial charge in [-0.05, 0) is 47.9 Å². The van der Waals surface area contributed by atoms with Crippen LogP contribution >= 0.6 is 11.6 Å². The summed E-state index contributed by atoms with van der Waals surface area (Å²) in [6, 6.07) is 17.7. The Morgan fingerprint density at radius 3 is 2.45 bits per heavy atom. The van der Waals surface area contributed by atoms with Crippen molar-refractivity contribution in [1.29, 1.82) is 0 Å². The number of aromatic carboxylic acids is 1. The summed E-state index contributed by atoms with van der Waals surface area (Å²) in [6.07, 6.45) is 0.850. The third-order valence-electron chi connectivity index (χ3n) is 5.28. The van der Waals surface area contributed by atoms with Crippen LogP contribution in [0.5, 0.6) is 0 Å². The number of hydrogen-bond donors (Lipinski definition) is 3. The van der Waals surface area contributed by atoms with E-state index in [0.717, 1.165) is 24.1 Å². The smallest absolute Gasteiger partial charge is 0.337 e. The van der Waals surface area contributed by atoms with E-state index in [9.17, 15) is 22.7 Å². The van der Waals surface area contributed by atoms with Crippen molar-refractivity contribution < 1.29 is 22.7 Å². The standard InChI is InChI=1S/C24H24ClFN2O4S/c1-2-17(18-6-4-3-5-7-18)15-27-23-11-9-19(13-20(23)24(29)30)33(31,32)28-14-16-8-10-22(26)21(25)12-16/h3-13,17,27-28H,2,14-15H2,1H3,(H,29,30). The van der Waals surface area contributed by atoms with Crippen molar-refractivity contribution in [2.45, 2.75) is 30.7 Å². The summed E-state index contributed by atoms with van der Waals surface area (Å²) in [7, 11) is -4.01. The number of sulfonamides is 1. The second-order valence-corrected chi connectivity index (χ2v) is 9.66. The second-order valence-electron chi connectivity index (χ2n) is 7.48. The van der Waals surface area contributed by atoms with Crippen LogP contribution in [0.3, 0.4) is 0 Å². The third-order valence-corrected chi connectivity index (χ3v) is 6.97. The second kappa shape index (κ2) is 10.8. The Bertz CT molecular complexity index is 1240. The molecule has 0 aliphatic carbocycles. The van der Waals surface area contributed by atoms with E-state index in [1.165, 1.54) is 24.3 Å². The molecular weight excluding hydrogens is 467 g/mol. The summed E-state index contributed by atoms with van der Waals surface area (Å²) >= 11 is 5.73. The van der Waals surface area contributed by atoms with E-state index in [4.69, 9.17) is 11.6 Å². The fourth-order valence-electron chi connectivity index (χ4n) is 3.39. The van der Waals surface area contributed by atoms with Crippen LogP contribution in [-0.2, 0) is 16.6 Å². The molecule has 0 heterocycles. The summed E-state index contributed by atoms with van der Waals surface area (Å²) in [5, 5.41) is 12.7. The number of anilines is 1. The molecule has 6 nitrogen and oxygen atoms in total. The lowest BCUT2D eigenvalue weighted by molar-refractivity contribution is 0.0697. The number of nitrogens with one attached hydrogen (secondary N) is 2. The molecule has 1 unspecified atom stereocenters. The van der Waals surface area contributed by atoms with Crippen LogP contribution in [0, 0.1) is 5.82 Å². The predicted octanol–water partition coefficient (Wildman–Crippen LogP) is 5.26. The Morgan fingerprint density at radius 1 is 1.09 bits per heavy atom. The quantitative estimate of drug-likeness (QED) is 0.360. The first-order valence-corrected chi connectivity index (χ1v) is 12.2. The monoisotopic (exact) mass is 490 g/mol. The van der Waals surface area contributed by atoms with Crippen LogP contribution in [0.15, 0.2) is 71.6 Å².